The normalized spacial score (nSPS) is 19.6. The van der Waals surface area contributed by atoms with E-state index in [4.69, 9.17) is 10.5 Å². The van der Waals surface area contributed by atoms with Crippen LogP contribution >= 0.6 is 12.4 Å². The Morgan fingerprint density at radius 1 is 1.32 bits per heavy atom. The van der Waals surface area contributed by atoms with Crippen LogP contribution < -0.4 is 15.8 Å². The van der Waals surface area contributed by atoms with E-state index in [1.54, 1.807) is 6.08 Å². The Kier molecular flexibility index (Phi) is 3.31. The number of hydrogen-bond donors (Lipinski definition) is 2. The van der Waals surface area contributed by atoms with E-state index in [1.165, 1.54) is 6.26 Å². The fourth-order valence-electron chi connectivity index (χ4n) is 2.06. The van der Waals surface area contributed by atoms with Gasteiger partial charge in [-0.25, -0.2) is 0 Å². The van der Waals surface area contributed by atoms with Gasteiger partial charge in [-0.2, -0.15) is 0 Å². The van der Waals surface area contributed by atoms with Gasteiger partial charge in [-0.1, -0.05) is 24.3 Å². The number of hydrogen-bond acceptors (Lipinski definition) is 3. The maximum Gasteiger partial charge on any atom is 0.240 e. The van der Waals surface area contributed by atoms with Gasteiger partial charge in [-0.05, 0) is 6.07 Å². The monoisotopic (exact) mass is 278 g/mol. The van der Waals surface area contributed by atoms with Crippen molar-refractivity contribution in [3.63, 3.8) is 0 Å². The molecule has 1 aromatic carbocycles. The zero-order chi connectivity index (χ0) is 12.7. The summed E-state index contributed by atoms with van der Waals surface area (Å²) in [6, 6.07) is 7.40. The minimum atomic E-state index is -0.941. The Balaban J connectivity index is 0.00000133. The Morgan fingerprint density at radius 3 is 2.79 bits per heavy atom. The van der Waals surface area contributed by atoms with Crippen molar-refractivity contribution in [2.45, 2.75) is 0 Å². The minimum Gasteiger partial charge on any atom is -0.462 e. The third-order valence-electron chi connectivity index (χ3n) is 2.95. The SMILES string of the molecule is Cl.NC(=O)C1C=C2C(=COc3ccccc32)NC1=O. The Bertz CT molecular complexity index is 622. The molecule has 2 amide bonds. The van der Waals surface area contributed by atoms with E-state index in [2.05, 4.69) is 5.32 Å². The number of nitrogens with one attached hydrogen (secondary N) is 1. The second-order valence-electron chi connectivity index (χ2n) is 4.10. The van der Waals surface area contributed by atoms with Crippen molar-refractivity contribution < 1.29 is 14.3 Å². The van der Waals surface area contributed by atoms with E-state index in [0.717, 1.165) is 11.1 Å². The van der Waals surface area contributed by atoms with Crippen molar-refractivity contribution in [1.29, 1.82) is 0 Å². The number of ether oxygens (including phenoxy) is 1. The molecule has 0 fully saturated rings. The number of halogens is 1. The number of amides is 2. The number of carbonyl (C=O) groups excluding carboxylic acids is 2. The van der Waals surface area contributed by atoms with Gasteiger partial charge in [0.25, 0.3) is 0 Å². The molecule has 2 aliphatic heterocycles. The van der Waals surface area contributed by atoms with Crippen LogP contribution in [0.5, 0.6) is 5.75 Å². The molecule has 6 heteroatoms. The van der Waals surface area contributed by atoms with Crippen LogP contribution in [0.2, 0.25) is 0 Å². The molecule has 2 aliphatic rings. The van der Waals surface area contributed by atoms with Crippen molar-refractivity contribution >= 4 is 29.8 Å². The molecule has 3 N–H and O–H groups in total. The molecule has 0 spiro atoms. The molecule has 1 aromatic rings. The molecule has 0 radical (unpaired) electrons. The highest BCUT2D eigenvalue weighted by Crippen LogP contribution is 2.36. The van der Waals surface area contributed by atoms with Gasteiger partial charge in [-0.15, -0.1) is 12.4 Å². The lowest BCUT2D eigenvalue weighted by Crippen LogP contribution is -2.41. The predicted octanol–water partition coefficient (Wildman–Crippen LogP) is 0.957. The molecule has 0 aliphatic carbocycles. The first-order valence-electron chi connectivity index (χ1n) is 5.45. The predicted molar refractivity (Wildman–Crippen MR) is 71.2 cm³/mol. The first kappa shape index (κ1) is 13.2. The topological polar surface area (TPSA) is 81.4 Å². The molecular formula is C13H11ClN2O3. The summed E-state index contributed by atoms with van der Waals surface area (Å²) in [6.07, 6.45) is 3.04. The number of carbonyl (C=O) groups is 2. The number of rotatable bonds is 1. The van der Waals surface area contributed by atoms with Crippen molar-refractivity contribution in [2.24, 2.45) is 11.7 Å². The Morgan fingerprint density at radius 2 is 2.05 bits per heavy atom. The fourth-order valence-corrected chi connectivity index (χ4v) is 2.06. The number of fused-ring (bicyclic) bond motifs is 3. The van der Waals surface area contributed by atoms with E-state index in [1.807, 2.05) is 24.3 Å². The number of benzene rings is 1. The summed E-state index contributed by atoms with van der Waals surface area (Å²) < 4.78 is 5.40. The third kappa shape index (κ3) is 2.08. The number of nitrogens with two attached hydrogens (primary N) is 1. The standard InChI is InChI=1S/C13H10N2O3.ClH/c14-12(16)9-5-8-7-3-1-2-4-11(7)18-6-10(8)15-13(9)17;/h1-6,9H,(H2,14,16)(H,15,17);1H. The van der Waals surface area contributed by atoms with E-state index in [-0.39, 0.29) is 12.4 Å². The maximum absolute atomic E-state index is 11.6. The molecule has 19 heavy (non-hydrogen) atoms. The summed E-state index contributed by atoms with van der Waals surface area (Å²) >= 11 is 0. The van der Waals surface area contributed by atoms with Crippen LogP contribution in [0.15, 0.2) is 42.3 Å². The van der Waals surface area contributed by atoms with Gasteiger partial charge < -0.3 is 15.8 Å². The first-order valence-corrected chi connectivity index (χ1v) is 5.45. The molecule has 5 nitrogen and oxygen atoms in total. The first-order chi connectivity index (χ1) is 8.66. The summed E-state index contributed by atoms with van der Waals surface area (Å²) in [7, 11) is 0. The summed E-state index contributed by atoms with van der Waals surface area (Å²) in [5.41, 5.74) is 7.35. The van der Waals surface area contributed by atoms with E-state index in [0.29, 0.717) is 11.4 Å². The smallest absolute Gasteiger partial charge is 0.240 e. The van der Waals surface area contributed by atoms with Crippen molar-refractivity contribution in [1.82, 2.24) is 5.32 Å². The summed E-state index contributed by atoms with van der Waals surface area (Å²) in [5.74, 6) is -1.35. The third-order valence-corrected chi connectivity index (χ3v) is 2.95. The molecule has 3 rings (SSSR count). The van der Waals surface area contributed by atoms with Crippen LogP contribution in [0.25, 0.3) is 5.57 Å². The van der Waals surface area contributed by atoms with Gasteiger partial charge in [0.2, 0.25) is 11.8 Å². The molecule has 0 bridgehead atoms. The Labute approximate surface area is 115 Å². The number of primary amides is 1. The molecule has 1 atom stereocenters. The molecule has 98 valence electrons. The van der Waals surface area contributed by atoms with Crippen LogP contribution in [0.4, 0.5) is 0 Å². The van der Waals surface area contributed by atoms with Gasteiger partial charge in [0.15, 0.2) is 0 Å². The Hall–Kier alpha value is -2.27. The van der Waals surface area contributed by atoms with Crippen molar-refractivity contribution in [2.75, 3.05) is 0 Å². The number of para-hydroxylation sites is 1. The molecule has 0 saturated carbocycles. The van der Waals surface area contributed by atoms with Crippen molar-refractivity contribution in [3.05, 3.63) is 47.9 Å². The summed E-state index contributed by atoms with van der Waals surface area (Å²) in [6.45, 7) is 0. The van der Waals surface area contributed by atoms with Crippen LogP contribution in [0.1, 0.15) is 5.56 Å². The zero-order valence-electron chi connectivity index (χ0n) is 9.75. The van der Waals surface area contributed by atoms with Gasteiger partial charge >= 0.3 is 0 Å². The van der Waals surface area contributed by atoms with Gasteiger partial charge in [0.05, 0.1) is 5.70 Å². The minimum absolute atomic E-state index is 0. The largest absolute Gasteiger partial charge is 0.462 e. The van der Waals surface area contributed by atoms with Gasteiger partial charge in [-0.3, -0.25) is 9.59 Å². The van der Waals surface area contributed by atoms with Crippen molar-refractivity contribution in [3.8, 4) is 5.75 Å². The van der Waals surface area contributed by atoms with Gasteiger partial charge in [0.1, 0.15) is 17.9 Å². The van der Waals surface area contributed by atoms with Crippen LogP contribution in [-0.2, 0) is 9.59 Å². The van der Waals surface area contributed by atoms with E-state index in [9.17, 15) is 9.59 Å². The van der Waals surface area contributed by atoms with Crippen LogP contribution in [0.3, 0.4) is 0 Å². The van der Waals surface area contributed by atoms with E-state index < -0.39 is 17.7 Å². The fraction of sp³-hybridized carbons (Fsp3) is 0.0769. The molecule has 0 saturated heterocycles. The summed E-state index contributed by atoms with van der Waals surface area (Å²) in [5, 5.41) is 2.62. The second kappa shape index (κ2) is 4.78. The van der Waals surface area contributed by atoms with Crippen LogP contribution in [-0.4, -0.2) is 11.8 Å². The number of allylic oxidation sites excluding steroid dienone is 1. The average Bonchev–Trinajstić information content (AvgIpc) is 2.37. The molecule has 1 unspecified atom stereocenters. The van der Waals surface area contributed by atoms with Crippen LogP contribution in [0, 0.1) is 5.92 Å². The average molecular weight is 279 g/mol. The second-order valence-corrected chi connectivity index (χ2v) is 4.10. The highest BCUT2D eigenvalue weighted by Gasteiger charge is 2.32. The maximum atomic E-state index is 11.6. The molecule has 0 aromatic heterocycles. The zero-order valence-corrected chi connectivity index (χ0v) is 10.6. The highest BCUT2D eigenvalue weighted by molar-refractivity contribution is 6.08. The lowest BCUT2D eigenvalue weighted by Gasteiger charge is -2.26. The lowest BCUT2D eigenvalue weighted by molar-refractivity contribution is -0.131. The molecular weight excluding hydrogens is 268 g/mol. The molecule has 2 heterocycles. The highest BCUT2D eigenvalue weighted by atomic mass is 35.5. The van der Waals surface area contributed by atoms with Gasteiger partial charge in [0, 0.05) is 11.1 Å². The lowest BCUT2D eigenvalue weighted by atomic mass is 9.91. The van der Waals surface area contributed by atoms with E-state index >= 15 is 0 Å². The quantitative estimate of drug-likeness (QED) is 0.751. The summed E-state index contributed by atoms with van der Waals surface area (Å²) in [4.78, 5) is 22.9.